The van der Waals surface area contributed by atoms with Gasteiger partial charge in [-0.15, -0.1) is 0 Å². The van der Waals surface area contributed by atoms with Crippen LogP contribution in [0.3, 0.4) is 0 Å². The van der Waals surface area contributed by atoms with E-state index in [4.69, 9.17) is 4.74 Å². The molecule has 100 valence electrons. The van der Waals surface area contributed by atoms with E-state index >= 15 is 0 Å². The van der Waals surface area contributed by atoms with Gasteiger partial charge in [-0.2, -0.15) is 0 Å². The van der Waals surface area contributed by atoms with Gasteiger partial charge in [0.15, 0.2) is 0 Å². The highest BCUT2D eigenvalue weighted by molar-refractivity contribution is 5.54. The average molecular weight is 247 g/mol. The minimum Gasteiger partial charge on any atom is -0.494 e. The van der Waals surface area contributed by atoms with E-state index in [-0.39, 0.29) is 0 Å². The van der Waals surface area contributed by atoms with Crippen LogP contribution in [0.4, 0.5) is 5.69 Å². The molecule has 0 spiro atoms. The molecule has 1 aromatic carbocycles. The number of benzene rings is 1. The summed E-state index contributed by atoms with van der Waals surface area (Å²) in [6.07, 6.45) is 5.34. The van der Waals surface area contributed by atoms with E-state index in [0.29, 0.717) is 6.04 Å². The summed E-state index contributed by atoms with van der Waals surface area (Å²) < 4.78 is 5.53. The van der Waals surface area contributed by atoms with E-state index < -0.39 is 0 Å². The van der Waals surface area contributed by atoms with Crippen LogP contribution >= 0.6 is 0 Å². The molecule has 1 N–H and O–H groups in total. The number of hydrogen-bond acceptors (Lipinski definition) is 2. The van der Waals surface area contributed by atoms with Crippen LogP contribution in [0.1, 0.15) is 45.1 Å². The van der Waals surface area contributed by atoms with Crippen LogP contribution in [-0.2, 0) is 0 Å². The predicted molar refractivity (Wildman–Crippen MR) is 77.4 cm³/mol. The number of aryl methyl sites for hydroxylation is 1. The highest BCUT2D eigenvalue weighted by atomic mass is 16.5. The van der Waals surface area contributed by atoms with Crippen LogP contribution in [0.15, 0.2) is 18.2 Å². The first kappa shape index (κ1) is 13.3. The molecule has 2 rings (SSSR count). The van der Waals surface area contributed by atoms with Gasteiger partial charge in [-0.3, -0.25) is 0 Å². The van der Waals surface area contributed by atoms with Gasteiger partial charge in [0.2, 0.25) is 0 Å². The lowest BCUT2D eigenvalue weighted by atomic mass is 10.00. The van der Waals surface area contributed by atoms with Crippen molar-refractivity contribution in [1.82, 2.24) is 0 Å². The zero-order valence-electron chi connectivity index (χ0n) is 11.8. The third kappa shape index (κ3) is 2.98. The lowest BCUT2D eigenvalue weighted by Crippen LogP contribution is -2.23. The highest BCUT2D eigenvalue weighted by Crippen LogP contribution is 2.32. The minimum atomic E-state index is 0.659. The molecule has 2 nitrogen and oxygen atoms in total. The monoisotopic (exact) mass is 247 g/mol. The molecule has 0 amide bonds. The summed E-state index contributed by atoms with van der Waals surface area (Å²) in [6.45, 7) is 7.20. The summed E-state index contributed by atoms with van der Waals surface area (Å²) in [4.78, 5) is 0. The first-order valence-electron chi connectivity index (χ1n) is 7.24. The zero-order chi connectivity index (χ0) is 13.0. The maximum absolute atomic E-state index is 5.53. The molecule has 0 bridgehead atoms. The Hall–Kier alpha value is -1.18. The topological polar surface area (TPSA) is 21.3 Å². The summed E-state index contributed by atoms with van der Waals surface area (Å²) in [7, 11) is 0. The molecule has 0 aromatic heterocycles. The molecule has 2 heteroatoms. The van der Waals surface area contributed by atoms with Crippen LogP contribution in [0.25, 0.3) is 0 Å². The quantitative estimate of drug-likeness (QED) is 0.833. The second-order valence-corrected chi connectivity index (χ2v) is 5.26. The van der Waals surface area contributed by atoms with Crippen molar-refractivity contribution in [2.45, 2.75) is 52.5 Å². The van der Waals surface area contributed by atoms with E-state index in [0.717, 1.165) is 18.3 Å². The van der Waals surface area contributed by atoms with Crippen molar-refractivity contribution in [1.29, 1.82) is 0 Å². The SMILES string of the molecule is CCOc1ccc(NC2CCCC2CC)c(C)c1. The minimum absolute atomic E-state index is 0.659. The van der Waals surface area contributed by atoms with Crippen molar-refractivity contribution in [3.63, 3.8) is 0 Å². The van der Waals surface area contributed by atoms with Gasteiger partial charge < -0.3 is 10.1 Å². The smallest absolute Gasteiger partial charge is 0.119 e. The maximum atomic E-state index is 5.53. The molecule has 18 heavy (non-hydrogen) atoms. The Kier molecular flexibility index (Phi) is 4.51. The number of hydrogen-bond donors (Lipinski definition) is 1. The molecule has 2 atom stereocenters. The average Bonchev–Trinajstić information content (AvgIpc) is 2.80. The maximum Gasteiger partial charge on any atom is 0.119 e. The van der Waals surface area contributed by atoms with Gasteiger partial charge in [0, 0.05) is 11.7 Å². The van der Waals surface area contributed by atoms with Gasteiger partial charge in [0.25, 0.3) is 0 Å². The second kappa shape index (κ2) is 6.12. The normalized spacial score (nSPS) is 23.1. The molecular weight excluding hydrogens is 222 g/mol. The second-order valence-electron chi connectivity index (χ2n) is 5.26. The van der Waals surface area contributed by atoms with Gasteiger partial charge in [0.05, 0.1) is 6.61 Å². The lowest BCUT2D eigenvalue weighted by Gasteiger charge is -2.22. The van der Waals surface area contributed by atoms with Gasteiger partial charge in [-0.1, -0.05) is 19.8 Å². The molecule has 1 aliphatic carbocycles. The largest absolute Gasteiger partial charge is 0.494 e. The van der Waals surface area contributed by atoms with Crippen molar-refractivity contribution in [2.75, 3.05) is 11.9 Å². The van der Waals surface area contributed by atoms with Crippen molar-refractivity contribution < 1.29 is 4.74 Å². The Balaban J connectivity index is 2.05. The number of nitrogens with one attached hydrogen (secondary N) is 1. The molecular formula is C16H25NO. The number of ether oxygens (including phenoxy) is 1. The zero-order valence-corrected chi connectivity index (χ0v) is 11.8. The van der Waals surface area contributed by atoms with Crippen LogP contribution < -0.4 is 10.1 Å². The van der Waals surface area contributed by atoms with Gasteiger partial charge >= 0.3 is 0 Å². The van der Waals surface area contributed by atoms with Gasteiger partial charge in [-0.05, 0) is 56.4 Å². The summed E-state index contributed by atoms with van der Waals surface area (Å²) in [5, 5.41) is 3.72. The van der Waals surface area contributed by atoms with Gasteiger partial charge in [-0.25, -0.2) is 0 Å². The number of rotatable bonds is 5. The summed E-state index contributed by atoms with van der Waals surface area (Å²) in [5.74, 6) is 1.81. The van der Waals surface area contributed by atoms with E-state index in [9.17, 15) is 0 Å². The Morgan fingerprint density at radius 2 is 2.11 bits per heavy atom. The molecule has 2 unspecified atom stereocenters. The summed E-state index contributed by atoms with van der Waals surface area (Å²) in [6, 6.07) is 7.01. The molecule has 0 aliphatic heterocycles. The van der Waals surface area contributed by atoms with E-state index in [1.807, 2.05) is 6.92 Å². The van der Waals surface area contributed by atoms with Crippen molar-refractivity contribution >= 4 is 5.69 Å². The molecule has 1 saturated carbocycles. The molecule has 0 saturated heterocycles. The van der Waals surface area contributed by atoms with Crippen molar-refractivity contribution in [3.8, 4) is 5.75 Å². The molecule has 1 fully saturated rings. The molecule has 0 radical (unpaired) electrons. The predicted octanol–water partition coefficient (Wildman–Crippen LogP) is 4.38. The fourth-order valence-corrected chi connectivity index (χ4v) is 2.97. The van der Waals surface area contributed by atoms with Crippen LogP contribution in [0.2, 0.25) is 0 Å². The molecule has 0 heterocycles. The van der Waals surface area contributed by atoms with Crippen LogP contribution in [-0.4, -0.2) is 12.6 Å². The number of anilines is 1. The van der Waals surface area contributed by atoms with Crippen molar-refractivity contribution in [3.05, 3.63) is 23.8 Å². The van der Waals surface area contributed by atoms with E-state index in [1.54, 1.807) is 0 Å². The fraction of sp³-hybridized carbons (Fsp3) is 0.625. The van der Waals surface area contributed by atoms with Crippen molar-refractivity contribution in [2.24, 2.45) is 5.92 Å². The molecule has 1 aromatic rings. The summed E-state index contributed by atoms with van der Waals surface area (Å²) >= 11 is 0. The van der Waals surface area contributed by atoms with E-state index in [1.165, 1.54) is 36.9 Å². The third-order valence-corrected chi connectivity index (χ3v) is 4.03. The highest BCUT2D eigenvalue weighted by Gasteiger charge is 2.25. The standard InChI is InChI=1S/C16H25NO/c1-4-13-7-6-8-16(13)17-15-10-9-14(18-5-2)11-12(15)3/h9-11,13,16-17H,4-8H2,1-3H3. The Morgan fingerprint density at radius 3 is 2.78 bits per heavy atom. The lowest BCUT2D eigenvalue weighted by molar-refractivity contribution is 0.340. The Labute approximate surface area is 111 Å². The van der Waals surface area contributed by atoms with Gasteiger partial charge in [0.1, 0.15) is 5.75 Å². The Morgan fingerprint density at radius 1 is 1.28 bits per heavy atom. The first-order valence-corrected chi connectivity index (χ1v) is 7.24. The molecule has 1 aliphatic rings. The van der Waals surface area contributed by atoms with Crippen LogP contribution in [0.5, 0.6) is 5.75 Å². The fourth-order valence-electron chi connectivity index (χ4n) is 2.97. The summed E-state index contributed by atoms with van der Waals surface area (Å²) in [5.41, 5.74) is 2.55. The Bertz CT molecular complexity index is 389. The van der Waals surface area contributed by atoms with E-state index in [2.05, 4.69) is 37.4 Å². The third-order valence-electron chi connectivity index (χ3n) is 4.03. The first-order chi connectivity index (χ1) is 8.74. The van der Waals surface area contributed by atoms with Crippen LogP contribution in [0, 0.1) is 12.8 Å².